The van der Waals surface area contributed by atoms with Gasteiger partial charge in [-0.2, -0.15) is 0 Å². The molecule has 0 amide bonds. The van der Waals surface area contributed by atoms with Crippen molar-refractivity contribution in [3.05, 3.63) is 42.6 Å². The Hall–Kier alpha value is -2.07. The number of hydrogen-bond acceptors (Lipinski definition) is 3. The predicted molar refractivity (Wildman–Crippen MR) is 90.2 cm³/mol. The second-order valence-corrected chi connectivity index (χ2v) is 5.90. The van der Waals surface area contributed by atoms with Crippen molar-refractivity contribution in [1.29, 1.82) is 0 Å². The first-order chi connectivity index (χ1) is 10.5. The smallest absolute Gasteiger partial charge is 0.313 e. The van der Waals surface area contributed by atoms with Crippen LogP contribution in [-0.2, 0) is 11.2 Å². The number of rotatable bonds is 7. The summed E-state index contributed by atoms with van der Waals surface area (Å²) in [6.07, 6.45) is 4.87. The quantitative estimate of drug-likeness (QED) is 0.484. The molecule has 1 aromatic heterocycles. The molecular formula is C18H24N2O2. The molecule has 4 heteroatoms. The third-order valence-corrected chi connectivity index (χ3v) is 3.63. The summed E-state index contributed by atoms with van der Waals surface area (Å²) < 4.78 is 5.40. The minimum atomic E-state index is -0.206. The van der Waals surface area contributed by atoms with Crippen LogP contribution in [-0.4, -0.2) is 36.0 Å². The molecule has 0 fully saturated rings. The van der Waals surface area contributed by atoms with Crippen LogP contribution >= 0.6 is 0 Å². The number of benzene rings is 1. The van der Waals surface area contributed by atoms with E-state index >= 15 is 0 Å². The summed E-state index contributed by atoms with van der Waals surface area (Å²) in [5.41, 5.74) is 2.29. The van der Waals surface area contributed by atoms with E-state index in [-0.39, 0.29) is 11.9 Å². The number of nitrogens with zero attached hydrogens (tertiary/aromatic N) is 1. The van der Waals surface area contributed by atoms with E-state index in [1.54, 1.807) is 0 Å². The Morgan fingerprint density at radius 2 is 2.23 bits per heavy atom. The zero-order valence-electron chi connectivity index (χ0n) is 13.6. The molecule has 0 aliphatic rings. The maximum Gasteiger partial charge on any atom is 0.313 e. The number of H-pyrrole nitrogens is 1. The molecule has 4 nitrogen and oxygen atoms in total. The fraction of sp³-hybridized carbons (Fsp3) is 0.389. The van der Waals surface area contributed by atoms with E-state index in [1.807, 2.05) is 44.3 Å². The van der Waals surface area contributed by atoms with Gasteiger partial charge in [-0.1, -0.05) is 19.9 Å². The third kappa shape index (κ3) is 3.98. The van der Waals surface area contributed by atoms with Crippen LogP contribution in [0.5, 0.6) is 5.75 Å². The maximum atomic E-state index is 11.7. The van der Waals surface area contributed by atoms with Gasteiger partial charge in [0.2, 0.25) is 0 Å². The van der Waals surface area contributed by atoms with Crippen LogP contribution in [0.15, 0.2) is 37.1 Å². The maximum absolute atomic E-state index is 11.7. The summed E-state index contributed by atoms with van der Waals surface area (Å²) in [5, 5.41) is 1.11. The highest BCUT2D eigenvalue weighted by molar-refractivity contribution is 5.85. The molecule has 0 saturated heterocycles. The number of carbonyl (C=O) groups excluding carboxylic acids is 1. The van der Waals surface area contributed by atoms with Gasteiger partial charge in [0.15, 0.2) is 0 Å². The summed E-state index contributed by atoms with van der Waals surface area (Å²) in [7, 11) is 2.08. The van der Waals surface area contributed by atoms with Crippen LogP contribution in [0.4, 0.5) is 0 Å². The molecule has 0 aliphatic heterocycles. The molecule has 22 heavy (non-hydrogen) atoms. The highest BCUT2D eigenvalue weighted by Gasteiger charge is 2.11. The largest absolute Gasteiger partial charge is 0.426 e. The number of carbonyl (C=O) groups is 1. The lowest BCUT2D eigenvalue weighted by Gasteiger charge is -2.13. The minimum absolute atomic E-state index is 0.131. The van der Waals surface area contributed by atoms with Crippen LogP contribution in [0.1, 0.15) is 19.4 Å². The first kappa shape index (κ1) is 16.3. The average molecular weight is 300 g/mol. The van der Waals surface area contributed by atoms with Crippen LogP contribution in [0, 0.1) is 5.92 Å². The van der Waals surface area contributed by atoms with Gasteiger partial charge in [-0.05, 0) is 37.2 Å². The summed E-state index contributed by atoms with van der Waals surface area (Å²) in [5.74, 6) is 0.266. The van der Waals surface area contributed by atoms with Crippen molar-refractivity contribution < 1.29 is 9.53 Å². The summed E-state index contributed by atoms with van der Waals surface area (Å²) in [6.45, 7) is 9.24. The second-order valence-electron chi connectivity index (χ2n) is 5.90. The monoisotopic (exact) mass is 300 g/mol. The highest BCUT2D eigenvalue weighted by atomic mass is 16.5. The molecule has 1 aromatic carbocycles. The molecule has 0 saturated carbocycles. The van der Waals surface area contributed by atoms with Gasteiger partial charge in [0.05, 0.1) is 5.92 Å². The molecule has 0 unspecified atom stereocenters. The zero-order valence-corrected chi connectivity index (χ0v) is 13.6. The van der Waals surface area contributed by atoms with E-state index in [9.17, 15) is 4.79 Å². The summed E-state index contributed by atoms with van der Waals surface area (Å²) in [6, 6.07) is 5.72. The second kappa shape index (κ2) is 7.27. The first-order valence-electron chi connectivity index (χ1n) is 7.62. The number of aromatic nitrogens is 1. The van der Waals surface area contributed by atoms with Crippen LogP contribution in [0.2, 0.25) is 0 Å². The Balaban J connectivity index is 2.14. The lowest BCUT2D eigenvalue weighted by Crippen LogP contribution is -2.20. The van der Waals surface area contributed by atoms with Crippen LogP contribution in [0.3, 0.4) is 0 Å². The molecule has 0 aliphatic carbocycles. The molecule has 0 radical (unpaired) electrons. The standard InChI is InChI=1S/C18H24N2O2/c1-5-9-20(4)10-8-14-12-19-17-7-6-15(11-16(14)17)22-18(21)13(2)3/h5-7,11-13,19H,1,8-10H2,2-4H3. The van der Waals surface area contributed by atoms with Gasteiger partial charge in [-0.15, -0.1) is 6.58 Å². The lowest BCUT2D eigenvalue weighted by atomic mass is 10.1. The number of esters is 1. The molecule has 0 bridgehead atoms. The van der Waals surface area contributed by atoms with Crippen molar-refractivity contribution in [3.8, 4) is 5.75 Å². The average Bonchev–Trinajstić information content (AvgIpc) is 2.87. The number of aromatic amines is 1. The number of nitrogens with one attached hydrogen (secondary N) is 1. The highest BCUT2D eigenvalue weighted by Crippen LogP contribution is 2.24. The molecule has 2 aromatic rings. The van der Waals surface area contributed by atoms with Crippen molar-refractivity contribution in [1.82, 2.24) is 9.88 Å². The zero-order chi connectivity index (χ0) is 16.1. The van der Waals surface area contributed by atoms with Crippen molar-refractivity contribution >= 4 is 16.9 Å². The van der Waals surface area contributed by atoms with Gasteiger partial charge in [-0.25, -0.2) is 0 Å². The van der Waals surface area contributed by atoms with Gasteiger partial charge in [-0.3, -0.25) is 4.79 Å². The van der Waals surface area contributed by atoms with E-state index < -0.39 is 0 Å². The van der Waals surface area contributed by atoms with Crippen molar-refractivity contribution in [2.45, 2.75) is 20.3 Å². The van der Waals surface area contributed by atoms with E-state index in [1.165, 1.54) is 5.56 Å². The molecule has 1 heterocycles. The van der Waals surface area contributed by atoms with Crippen LogP contribution < -0.4 is 4.74 Å². The fourth-order valence-electron chi connectivity index (χ4n) is 2.28. The Morgan fingerprint density at radius 3 is 2.91 bits per heavy atom. The van der Waals surface area contributed by atoms with Gasteiger partial charge in [0, 0.05) is 30.2 Å². The lowest BCUT2D eigenvalue weighted by molar-refractivity contribution is -0.137. The van der Waals surface area contributed by atoms with Gasteiger partial charge in [0.25, 0.3) is 0 Å². The minimum Gasteiger partial charge on any atom is -0.426 e. The SMILES string of the molecule is C=CCN(C)CCc1c[nH]c2ccc(OC(=O)C(C)C)cc12. The fourth-order valence-corrected chi connectivity index (χ4v) is 2.28. The molecular weight excluding hydrogens is 276 g/mol. The molecule has 0 spiro atoms. The van der Waals surface area contributed by atoms with E-state index in [4.69, 9.17) is 4.74 Å². The molecule has 2 rings (SSSR count). The van der Waals surface area contributed by atoms with Gasteiger partial charge in [0.1, 0.15) is 5.75 Å². The van der Waals surface area contributed by atoms with E-state index in [0.717, 1.165) is 30.4 Å². The Morgan fingerprint density at radius 1 is 1.45 bits per heavy atom. The summed E-state index contributed by atoms with van der Waals surface area (Å²) in [4.78, 5) is 17.2. The number of ether oxygens (including phenoxy) is 1. The third-order valence-electron chi connectivity index (χ3n) is 3.63. The molecule has 0 atom stereocenters. The number of likely N-dealkylation sites (N-methyl/N-ethyl adjacent to an activating group) is 1. The molecule has 118 valence electrons. The van der Waals surface area contributed by atoms with Crippen molar-refractivity contribution in [2.75, 3.05) is 20.1 Å². The first-order valence-corrected chi connectivity index (χ1v) is 7.62. The molecule has 1 N–H and O–H groups in total. The van der Waals surface area contributed by atoms with Gasteiger partial charge < -0.3 is 14.6 Å². The van der Waals surface area contributed by atoms with E-state index in [2.05, 4.69) is 23.5 Å². The Kier molecular flexibility index (Phi) is 5.39. The normalized spacial score (nSPS) is 11.3. The topological polar surface area (TPSA) is 45.3 Å². The Labute approximate surface area is 131 Å². The Bertz CT molecular complexity index is 658. The predicted octanol–water partition coefficient (Wildman–Crippen LogP) is 3.39. The van der Waals surface area contributed by atoms with E-state index in [0.29, 0.717) is 5.75 Å². The van der Waals surface area contributed by atoms with Crippen LogP contribution in [0.25, 0.3) is 10.9 Å². The number of fused-ring (bicyclic) bond motifs is 1. The summed E-state index contributed by atoms with van der Waals surface area (Å²) >= 11 is 0. The number of hydrogen-bond donors (Lipinski definition) is 1. The van der Waals surface area contributed by atoms with Gasteiger partial charge >= 0.3 is 5.97 Å². The van der Waals surface area contributed by atoms with Crippen molar-refractivity contribution in [3.63, 3.8) is 0 Å². The van der Waals surface area contributed by atoms with Crippen molar-refractivity contribution in [2.24, 2.45) is 5.92 Å².